The molecular weight excluding hydrogens is 234 g/mol. The Hall–Kier alpha value is -0.940. The molecule has 1 saturated heterocycles. The summed E-state index contributed by atoms with van der Waals surface area (Å²) in [6, 6.07) is 0. The van der Waals surface area contributed by atoms with Crippen molar-refractivity contribution in [3.63, 3.8) is 0 Å². The maximum atomic E-state index is 11.7. The zero-order chi connectivity index (χ0) is 11.9. The van der Waals surface area contributed by atoms with Crippen molar-refractivity contribution >= 4 is 17.2 Å². The Balaban J connectivity index is 1.60. The zero-order valence-corrected chi connectivity index (χ0v) is 10.8. The molecule has 17 heavy (non-hydrogen) atoms. The summed E-state index contributed by atoms with van der Waals surface area (Å²) in [5.41, 5.74) is 2.89. The lowest BCUT2D eigenvalue weighted by Crippen LogP contribution is -2.34. The molecule has 2 N–H and O–H groups in total. The number of piperidine rings is 1. The molecule has 0 aliphatic carbocycles. The van der Waals surface area contributed by atoms with E-state index in [2.05, 4.69) is 15.6 Å². The number of rotatable bonds is 5. The number of aromatic nitrogens is 1. The first-order chi connectivity index (χ1) is 8.34. The van der Waals surface area contributed by atoms with Crippen LogP contribution in [0.15, 0.2) is 10.9 Å². The standard InChI is InChI=1S/C12H19N3OS/c16-12(6-10-2-1-4-13-7-10)14-5-3-11-8-17-9-15-11/h8-10,13H,1-7H2,(H,14,16). The van der Waals surface area contributed by atoms with Crippen LogP contribution in [0, 0.1) is 5.92 Å². The lowest BCUT2D eigenvalue weighted by molar-refractivity contribution is -0.122. The molecule has 5 heteroatoms. The number of nitrogens with zero attached hydrogens (tertiary/aromatic N) is 1. The first-order valence-corrected chi connectivity index (χ1v) is 7.13. The van der Waals surface area contributed by atoms with Crippen molar-refractivity contribution in [2.75, 3.05) is 19.6 Å². The highest BCUT2D eigenvalue weighted by molar-refractivity contribution is 7.07. The van der Waals surface area contributed by atoms with Gasteiger partial charge in [0.15, 0.2) is 0 Å². The molecule has 1 fully saturated rings. The van der Waals surface area contributed by atoms with E-state index < -0.39 is 0 Å². The van der Waals surface area contributed by atoms with Crippen molar-refractivity contribution in [3.8, 4) is 0 Å². The zero-order valence-electron chi connectivity index (χ0n) is 9.95. The molecule has 0 bridgehead atoms. The topological polar surface area (TPSA) is 54.0 Å². The van der Waals surface area contributed by atoms with Crippen LogP contribution in [0.5, 0.6) is 0 Å². The number of hydrogen-bond donors (Lipinski definition) is 2. The van der Waals surface area contributed by atoms with E-state index in [-0.39, 0.29) is 5.91 Å². The minimum Gasteiger partial charge on any atom is -0.356 e. The second-order valence-corrected chi connectivity index (χ2v) is 5.21. The monoisotopic (exact) mass is 253 g/mol. The maximum absolute atomic E-state index is 11.7. The predicted octanol–water partition coefficient (Wildman–Crippen LogP) is 1.19. The molecule has 2 rings (SSSR count). The minimum atomic E-state index is 0.175. The third-order valence-electron chi connectivity index (χ3n) is 3.06. The third kappa shape index (κ3) is 4.44. The molecule has 1 aliphatic heterocycles. The molecule has 1 unspecified atom stereocenters. The molecule has 1 aliphatic rings. The Morgan fingerprint density at radius 1 is 1.65 bits per heavy atom. The van der Waals surface area contributed by atoms with E-state index in [4.69, 9.17) is 0 Å². The summed E-state index contributed by atoms with van der Waals surface area (Å²) in [6.45, 7) is 2.78. The van der Waals surface area contributed by atoms with E-state index >= 15 is 0 Å². The lowest BCUT2D eigenvalue weighted by Gasteiger charge is -2.21. The van der Waals surface area contributed by atoms with Crippen LogP contribution < -0.4 is 10.6 Å². The van der Waals surface area contributed by atoms with Crippen LogP contribution in [0.1, 0.15) is 25.0 Å². The van der Waals surface area contributed by atoms with Crippen molar-refractivity contribution in [1.29, 1.82) is 0 Å². The molecule has 1 aromatic heterocycles. The van der Waals surface area contributed by atoms with Gasteiger partial charge in [-0.25, -0.2) is 4.98 Å². The summed E-state index contributed by atoms with van der Waals surface area (Å²) in [4.78, 5) is 15.9. The van der Waals surface area contributed by atoms with Gasteiger partial charge in [-0.2, -0.15) is 0 Å². The molecule has 94 valence electrons. The Labute approximate surface area is 106 Å². The fourth-order valence-electron chi connectivity index (χ4n) is 2.12. The first kappa shape index (κ1) is 12.5. The molecule has 4 nitrogen and oxygen atoms in total. The van der Waals surface area contributed by atoms with Crippen LogP contribution in [0.25, 0.3) is 0 Å². The SMILES string of the molecule is O=C(CC1CCCNC1)NCCc1cscn1. The Kier molecular flexibility index (Phi) is 4.94. The van der Waals surface area contributed by atoms with Crippen molar-refractivity contribution in [3.05, 3.63) is 16.6 Å². The number of thiazole rings is 1. The largest absolute Gasteiger partial charge is 0.356 e. The second-order valence-electron chi connectivity index (χ2n) is 4.50. The maximum Gasteiger partial charge on any atom is 0.220 e. The van der Waals surface area contributed by atoms with Crippen molar-refractivity contribution in [2.45, 2.75) is 25.7 Å². The van der Waals surface area contributed by atoms with Crippen molar-refractivity contribution in [1.82, 2.24) is 15.6 Å². The van der Waals surface area contributed by atoms with E-state index in [1.165, 1.54) is 12.8 Å². The quantitative estimate of drug-likeness (QED) is 0.829. The van der Waals surface area contributed by atoms with Crippen molar-refractivity contribution < 1.29 is 4.79 Å². The van der Waals surface area contributed by atoms with Gasteiger partial charge in [0.1, 0.15) is 0 Å². The normalized spacial score (nSPS) is 20.1. The molecule has 0 radical (unpaired) electrons. The van der Waals surface area contributed by atoms with E-state index in [0.717, 1.165) is 25.2 Å². The highest BCUT2D eigenvalue weighted by atomic mass is 32.1. The van der Waals surface area contributed by atoms with E-state index in [0.29, 0.717) is 18.9 Å². The Morgan fingerprint density at radius 3 is 3.29 bits per heavy atom. The predicted molar refractivity (Wildman–Crippen MR) is 69.0 cm³/mol. The van der Waals surface area contributed by atoms with Crippen LogP contribution >= 0.6 is 11.3 Å². The summed E-state index contributed by atoms with van der Waals surface area (Å²) in [5.74, 6) is 0.692. The van der Waals surface area contributed by atoms with Gasteiger partial charge in [-0.05, 0) is 31.8 Å². The highest BCUT2D eigenvalue weighted by Gasteiger charge is 2.16. The van der Waals surface area contributed by atoms with E-state index in [1.807, 2.05) is 10.9 Å². The average molecular weight is 253 g/mol. The van der Waals surface area contributed by atoms with E-state index in [1.54, 1.807) is 11.3 Å². The van der Waals surface area contributed by atoms with Crippen LogP contribution in [0.2, 0.25) is 0 Å². The van der Waals surface area contributed by atoms with Crippen LogP contribution in [-0.4, -0.2) is 30.5 Å². The smallest absolute Gasteiger partial charge is 0.220 e. The minimum absolute atomic E-state index is 0.175. The van der Waals surface area contributed by atoms with Gasteiger partial charge in [-0.15, -0.1) is 11.3 Å². The molecule has 0 aromatic carbocycles. The van der Waals surface area contributed by atoms with Gasteiger partial charge in [0, 0.05) is 24.8 Å². The first-order valence-electron chi connectivity index (χ1n) is 6.19. The Morgan fingerprint density at radius 2 is 2.59 bits per heavy atom. The van der Waals surface area contributed by atoms with Crippen LogP contribution in [0.4, 0.5) is 0 Å². The molecule has 1 atom stereocenters. The van der Waals surface area contributed by atoms with Gasteiger partial charge in [-0.3, -0.25) is 4.79 Å². The summed E-state index contributed by atoms with van der Waals surface area (Å²) in [6.07, 6.45) is 3.85. The number of nitrogens with one attached hydrogen (secondary N) is 2. The lowest BCUT2D eigenvalue weighted by atomic mass is 9.96. The third-order valence-corrected chi connectivity index (χ3v) is 3.70. The number of carbonyl (C=O) groups excluding carboxylic acids is 1. The number of carbonyl (C=O) groups is 1. The molecule has 2 heterocycles. The summed E-state index contributed by atoms with van der Waals surface area (Å²) in [5, 5.41) is 8.32. The fourth-order valence-corrected chi connectivity index (χ4v) is 2.72. The average Bonchev–Trinajstić information content (AvgIpc) is 2.83. The van der Waals surface area contributed by atoms with Gasteiger partial charge in [-0.1, -0.05) is 0 Å². The van der Waals surface area contributed by atoms with Gasteiger partial charge in [0.25, 0.3) is 0 Å². The molecule has 1 amide bonds. The van der Waals surface area contributed by atoms with E-state index in [9.17, 15) is 4.79 Å². The van der Waals surface area contributed by atoms with Gasteiger partial charge in [0.2, 0.25) is 5.91 Å². The second kappa shape index (κ2) is 6.71. The highest BCUT2D eigenvalue weighted by Crippen LogP contribution is 2.13. The molecule has 0 spiro atoms. The van der Waals surface area contributed by atoms with Gasteiger partial charge >= 0.3 is 0 Å². The molecule has 0 saturated carbocycles. The van der Waals surface area contributed by atoms with Gasteiger partial charge < -0.3 is 10.6 Å². The number of hydrogen-bond acceptors (Lipinski definition) is 4. The van der Waals surface area contributed by atoms with Crippen LogP contribution in [0.3, 0.4) is 0 Å². The number of amides is 1. The van der Waals surface area contributed by atoms with Crippen LogP contribution in [-0.2, 0) is 11.2 Å². The van der Waals surface area contributed by atoms with Gasteiger partial charge in [0.05, 0.1) is 11.2 Å². The fraction of sp³-hybridized carbons (Fsp3) is 0.667. The summed E-state index contributed by atoms with van der Waals surface area (Å²) >= 11 is 1.59. The summed E-state index contributed by atoms with van der Waals surface area (Å²) in [7, 11) is 0. The molecule has 1 aromatic rings. The van der Waals surface area contributed by atoms with Crippen molar-refractivity contribution in [2.24, 2.45) is 5.92 Å². The molecular formula is C12H19N3OS. The Bertz CT molecular complexity index is 334. The summed E-state index contributed by atoms with van der Waals surface area (Å²) < 4.78 is 0.